The van der Waals surface area contributed by atoms with Crippen LogP contribution in [0.5, 0.6) is 11.5 Å². The lowest BCUT2D eigenvalue weighted by atomic mass is 10.1. The molecule has 1 atom stereocenters. The van der Waals surface area contributed by atoms with Gasteiger partial charge in [-0.05, 0) is 31.4 Å². The molecule has 22 heavy (non-hydrogen) atoms. The smallest absolute Gasteiger partial charge is 0.191 e. The summed E-state index contributed by atoms with van der Waals surface area (Å²) in [7, 11) is 3.44. The van der Waals surface area contributed by atoms with Crippen molar-refractivity contribution in [1.29, 1.82) is 0 Å². The third kappa shape index (κ3) is 6.70. The molecule has 0 aromatic heterocycles. The van der Waals surface area contributed by atoms with Crippen LogP contribution in [0.15, 0.2) is 29.3 Å². The first kappa shape index (κ1) is 18.1. The molecule has 2 N–H and O–H groups in total. The van der Waals surface area contributed by atoms with Crippen LogP contribution in [-0.4, -0.2) is 39.3 Å². The van der Waals surface area contributed by atoms with E-state index in [1.54, 1.807) is 14.2 Å². The number of hydrogen-bond donors (Lipinski definition) is 2. The van der Waals surface area contributed by atoms with Crippen molar-refractivity contribution in [2.45, 2.75) is 33.2 Å². The van der Waals surface area contributed by atoms with Gasteiger partial charge in [0.2, 0.25) is 0 Å². The predicted molar refractivity (Wildman–Crippen MR) is 91.9 cm³/mol. The molecule has 1 rings (SSSR count). The highest BCUT2D eigenvalue weighted by Gasteiger charge is 2.08. The van der Waals surface area contributed by atoms with Gasteiger partial charge >= 0.3 is 0 Å². The molecule has 0 fully saturated rings. The van der Waals surface area contributed by atoms with Crippen molar-refractivity contribution in [2.75, 3.05) is 27.3 Å². The van der Waals surface area contributed by atoms with Gasteiger partial charge in [-0.1, -0.05) is 19.9 Å². The Morgan fingerprint density at radius 1 is 1.23 bits per heavy atom. The standard InChI is InChI=1S/C17H29N3O2/c1-13(2)14(3)20-17(18-4)19-10-7-11-22-16-9-6-8-15(12-16)21-5/h6,8-9,12-14H,7,10-11H2,1-5H3,(H2,18,19,20). The first-order chi connectivity index (χ1) is 10.6. The Balaban J connectivity index is 2.23. The van der Waals surface area contributed by atoms with Crippen LogP contribution in [0.1, 0.15) is 27.2 Å². The molecule has 0 heterocycles. The summed E-state index contributed by atoms with van der Waals surface area (Å²) in [4.78, 5) is 4.23. The third-order valence-corrected chi connectivity index (χ3v) is 3.51. The molecular formula is C17H29N3O2. The van der Waals surface area contributed by atoms with Crippen LogP contribution >= 0.6 is 0 Å². The first-order valence-corrected chi connectivity index (χ1v) is 7.80. The quantitative estimate of drug-likeness (QED) is 0.440. The normalized spacial score (nSPS) is 12.9. The second-order valence-electron chi connectivity index (χ2n) is 5.56. The molecule has 0 aliphatic rings. The van der Waals surface area contributed by atoms with Crippen LogP contribution in [0, 0.1) is 5.92 Å². The molecule has 0 spiro atoms. The largest absolute Gasteiger partial charge is 0.497 e. The Hall–Kier alpha value is -1.91. The highest BCUT2D eigenvalue weighted by Crippen LogP contribution is 2.18. The zero-order valence-electron chi connectivity index (χ0n) is 14.3. The maximum atomic E-state index is 5.70. The van der Waals surface area contributed by atoms with Crippen LogP contribution in [0.4, 0.5) is 0 Å². The van der Waals surface area contributed by atoms with Gasteiger partial charge in [-0.2, -0.15) is 0 Å². The zero-order chi connectivity index (χ0) is 16.4. The number of guanidine groups is 1. The summed E-state index contributed by atoms with van der Waals surface area (Å²) in [5.41, 5.74) is 0. The minimum Gasteiger partial charge on any atom is -0.497 e. The van der Waals surface area contributed by atoms with Gasteiger partial charge in [0.25, 0.3) is 0 Å². The molecule has 0 saturated carbocycles. The minimum atomic E-state index is 0.388. The number of nitrogens with one attached hydrogen (secondary N) is 2. The summed E-state index contributed by atoms with van der Waals surface area (Å²) in [5, 5.41) is 6.67. The van der Waals surface area contributed by atoms with Crippen LogP contribution in [0.3, 0.4) is 0 Å². The van der Waals surface area contributed by atoms with Crippen LogP contribution < -0.4 is 20.1 Å². The average Bonchev–Trinajstić information content (AvgIpc) is 2.53. The van der Waals surface area contributed by atoms with Crippen molar-refractivity contribution < 1.29 is 9.47 Å². The van der Waals surface area contributed by atoms with Crippen molar-refractivity contribution in [3.63, 3.8) is 0 Å². The van der Waals surface area contributed by atoms with Gasteiger partial charge in [0, 0.05) is 25.7 Å². The fraction of sp³-hybridized carbons (Fsp3) is 0.588. The molecule has 1 aromatic carbocycles. The second kappa shape index (κ2) is 9.92. The van der Waals surface area contributed by atoms with E-state index in [-0.39, 0.29) is 0 Å². The lowest BCUT2D eigenvalue weighted by molar-refractivity contribution is 0.308. The number of ether oxygens (including phenoxy) is 2. The number of hydrogen-bond acceptors (Lipinski definition) is 3. The second-order valence-corrected chi connectivity index (χ2v) is 5.56. The van der Waals surface area contributed by atoms with Crippen LogP contribution in [0.25, 0.3) is 0 Å². The summed E-state index contributed by atoms with van der Waals surface area (Å²) in [6.45, 7) is 7.99. The number of nitrogens with zero attached hydrogens (tertiary/aromatic N) is 1. The van der Waals surface area contributed by atoms with E-state index in [9.17, 15) is 0 Å². The molecule has 0 aliphatic heterocycles. The molecular weight excluding hydrogens is 278 g/mol. The Morgan fingerprint density at radius 2 is 1.95 bits per heavy atom. The van der Waals surface area contributed by atoms with Gasteiger partial charge in [0.05, 0.1) is 13.7 Å². The van der Waals surface area contributed by atoms with Crippen molar-refractivity contribution in [2.24, 2.45) is 10.9 Å². The summed E-state index contributed by atoms with van der Waals surface area (Å²) >= 11 is 0. The van der Waals surface area contributed by atoms with Gasteiger partial charge in [0.1, 0.15) is 11.5 Å². The van der Waals surface area contributed by atoms with Gasteiger partial charge in [-0.3, -0.25) is 4.99 Å². The van der Waals surface area contributed by atoms with Crippen molar-refractivity contribution >= 4 is 5.96 Å². The van der Waals surface area contributed by atoms with Gasteiger partial charge in [-0.25, -0.2) is 0 Å². The number of rotatable bonds is 8. The van der Waals surface area contributed by atoms with Crippen molar-refractivity contribution in [3.05, 3.63) is 24.3 Å². The van der Waals surface area contributed by atoms with E-state index < -0.39 is 0 Å². The summed E-state index contributed by atoms with van der Waals surface area (Å²) in [5.74, 6) is 3.04. The summed E-state index contributed by atoms with van der Waals surface area (Å²) in [6, 6.07) is 8.03. The van der Waals surface area contributed by atoms with Crippen molar-refractivity contribution in [3.8, 4) is 11.5 Å². The minimum absolute atomic E-state index is 0.388. The highest BCUT2D eigenvalue weighted by atomic mass is 16.5. The fourth-order valence-corrected chi connectivity index (χ4v) is 1.74. The number of aliphatic imine (C=N–C) groups is 1. The number of methoxy groups -OCH3 is 1. The topological polar surface area (TPSA) is 54.9 Å². The van der Waals surface area contributed by atoms with Crippen LogP contribution in [-0.2, 0) is 0 Å². The maximum absolute atomic E-state index is 5.70. The molecule has 0 aliphatic carbocycles. The molecule has 0 saturated heterocycles. The molecule has 5 nitrogen and oxygen atoms in total. The molecule has 1 aromatic rings. The van der Waals surface area contributed by atoms with E-state index >= 15 is 0 Å². The zero-order valence-corrected chi connectivity index (χ0v) is 14.3. The van der Waals surface area contributed by atoms with E-state index in [0.717, 1.165) is 30.4 Å². The van der Waals surface area contributed by atoms with E-state index in [4.69, 9.17) is 9.47 Å². The Labute approximate surface area is 134 Å². The maximum Gasteiger partial charge on any atom is 0.191 e. The van der Waals surface area contributed by atoms with E-state index in [2.05, 4.69) is 36.4 Å². The van der Waals surface area contributed by atoms with Gasteiger partial charge in [0.15, 0.2) is 5.96 Å². The molecule has 1 unspecified atom stereocenters. The first-order valence-electron chi connectivity index (χ1n) is 7.80. The van der Waals surface area contributed by atoms with E-state index in [1.165, 1.54) is 0 Å². The SMILES string of the molecule is CN=C(NCCCOc1cccc(OC)c1)NC(C)C(C)C. The van der Waals surface area contributed by atoms with Crippen molar-refractivity contribution in [1.82, 2.24) is 10.6 Å². The summed E-state index contributed by atoms with van der Waals surface area (Å²) in [6.07, 6.45) is 0.897. The number of benzene rings is 1. The van der Waals surface area contributed by atoms with Gasteiger partial charge < -0.3 is 20.1 Å². The predicted octanol–water partition coefficient (Wildman–Crippen LogP) is 2.67. The molecule has 0 bridgehead atoms. The molecule has 5 heteroatoms. The lowest BCUT2D eigenvalue weighted by Gasteiger charge is -2.20. The average molecular weight is 307 g/mol. The molecule has 0 amide bonds. The van der Waals surface area contributed by atoms with Gasteiger partial charge in [-0.15, -0.1) is 0 Å². The van der Waals surface area contributed by atoms with E-state index in [0.29, 0.717) is 18.6 Å². The van der Waals surface area contributed by atoms with E-state index in [1.807, 2.05) is 24.3 Å². The third-order valence-electron chi connectivity index (χ3n) is 3.51. The Morgan fingerprint density at radius 3 is 2.59 bits per heavy atom. The summed E-state index contributed by atoms with van der Waals surface area (Å²) < 4.78 is 10.9. The Bertz CT molecular complexity index is 461. The Kier molecular flexibility index (Phi) is 8.18. The molecule has 0 radical (unpaired) electrons. The fourth-order valence-electron chi connectivity index (χ4n) is 1.74. The molecule has 124 valence electrons. The highest BCUT2D eigenvalue weighted by molar-refractivity contribution is 5.79. The lowest BCUT2D eigenvalue weighted by Crippen LogP contribution is -2.44. The monoisotopic (exact) mass is 307 g/mol. The van der Waals surface area contributed by atoms with Crippen LogP contribution in [0.2, 0.25) is 0 Å².